The summed E-state index contributed by atoms with van der Waals surface area (Å²) in [4.78, 5) is 16.4. The van der Waals surface area contributed by atoms with Crippen molar-refractivity contribution < 1.29 is 4.79 Å². The molecule has 3 rings (SSSR count). The molecule has 0 bridgehead atoms. The number of carbonyl (C=O) groups is 1. The molecule has 2 aromatic carbocycles. The summed E-state index contributed by atoms with van der Waals surface area (Å²) < 4.78 is 0. The molecule has 156 valence electrons. The van der Waals surface area contributed by atoms with Crippen molar-refractivity contribution in [1.29, 1.82) is 0 Å². The van der Waals surface area contributed by atoms with Gasteiger partial charge in [-0.2, -0.15) is 0 Å². The lowest BCUT2D eigenvalue weighted by Gasteiger charge is -2.12. The fourth-order valence-electron chi connectivity index (χ4n) is 3.24. The third-order valence-electron chi connectivity index (χ3n) is 5.29. The average molecular weight is 459 g/mol. The second-order valence-corrected chi connectivity index (χ2v) is 8.94. The molecule has 0 aliphatic heterocycles. The Kier molecular flexibility index (Phi) is 7.35. The van der Waals surface area contributed by atoms with Gasteiger partial charge in [0.1, 0.15) is 0 Å². The van der Waals surface area contributed by atoms with E-state index >= 15 is 0 Å². The van der Waals surface area contributed by atoms with Crippen molar-refractivity contribution in [1.82, 2.24) is 4.98 Å². The molecule has 0 radical (unpaired) electrons. The van der Waals surface area contributed by atoms with Crippen LogP contribution in [0.4, 0.5) is 5.69 Å². The highest BCUT2D eigenvalue weighted by atomic mass is 35.5. The maximum absolute atomic E-state index is 12.0. The van der Waals surface area contributed by atoms with Crippen LogP contribution >= 0.6 is 35.0 Å². The molecule has 0 fully saturated rings. The van der Waals surface area contributed by atoms with Crippen LogP contribution in [0.3, 0.4) is 0 Å². The monoisotopic (exact) mass is 458 g/mol. The first kappa shape index (κ1) is 22.5. The smallest absolute Gasteiger partial charge is 0.150 e. The number of H-pyrrole nitrogens is 1. The molecule has 6 heteroatoms. The highest BCUT2D eigenvalue weighted by Crippen LogP contribution is 2.35. The molecule has 0 aliphatic rings. The Morgan fingerprint density at radius 1 is 1.10 bits per heavy atom. The predicted molar refractivity (Wildman–Crippen MR) is 131 cm³/mol. The van der Waals surface area contributed by atoms with E-state index in [0.29, 0.717) is 21.4 Å². The van der Waals surface area contributed by atoms with Gasteiger partial charge < -0.3 is 10.3 Å². The number of benzene rings is 2. The van der Waals surface area contributed by atoms with Crippen molar-refractivity contribution in [3.05, 3.63) is 80.1 Å². The summed E-state index contributed by atoms with van der Waals surface area (Å²) in [5.41, 5.74) is 7.69. The molecule has 3 aromatic rings. The van der Waals surface area contributed by atoms with Gasteiger partial charge in [0.2, 0.25) is 0 Å². The van der Waals surface area contributed by atoms with Crippen LogP contribution in [0.5, 0.6) is 0 Å². The molecule has 30 heavy (non-hydrogen) atoms. The highest BCUT2D eigenvalue weighted by Gasteiger charge is 2.13. The first-order valence-electron chi connectivity index (χ1n) is 9.56. The van der Waals surface area contributed by atoms with Gasteiger partial charge in [-0.3, -0.25) is 4.79 Å². The van der Waals surface area contributed by atoms with Crippen molar-refractivity contribution >= 4 is 58.6 Å². The molecule has 0 amide bonds. The average Bonchev–Trinajstić information content (AvgIpc) is 2.98. The van der Waals surface area contributed by atoms with Crippen LogP contribution < -0.4 is 5.32 Å². The van der Waals surface area contributed by atoms with E-state index in [4.69, 9.17) is 23.2 Å². The highest BCUT2D eigenvalue weighted by molar-refractivity contribution is 7.98. The Balaban J connectivity index is 1.96. The minimum absolute atomic E-state index is 0.613. The first-order chi connectivity index (χ1) is 14.3. The number of aromatic amines is 1. The largest absolute Gasteiger partial charge is 0.388 e. The minimum atomic E-state index is 0.613. The number of hydrogen-bond acceptors (Lipinski definition) is 3. The van der Waals surface area contributed by atoms with Gasteiger partial charge in [0.25, 0.3) is 0 Å². The summed E-state index contributed by atoms with van der Waals surface area (Å²) in [5, 5.41) is 4.50. The number of allylic oxidation sites excluding steroid dienone is 1. The normalized spacial score (nSPS) is 11.6. The van der Waals surface area contributed by atoms with E-state index < -0.39 is 0 Å². The van der Waals surface area contributed by atoms with Gasteiger partial charge in [0.15, 0.2) is 6.29 Å². The van der Waals surface area contributed by atoms with Crippen LogP contribution in [-0.4, -0.2) is 18.3 Å². The fourth-order valence-corrected chi connectivity index (χ4v) is 4.92. The number of rotatable bonds is 7. The van der Waals surface area contributed by atoms with Gasteiger partial charge >= 0.3 is 0 Å². The summed E-state index contributed by atoms with van der Waals surface area (Å²) in [6.07, 6.45) is 2.82. The number of carbonyl (C=O) groups excluding carboxylic acids is 1. The van der Waals surface area contributed by atoms with Crippen LogP contribution in [-0.2, 0) is 10.5 Å². The zero-order valence-electron chi connectivity index (χ0n) is 17.4. The standard InChI is InChI=1S/C24H24Cl2N2OS/c1-14-15(2)24(28-16(14)3)10-17(12-29)19-11-18(8-9-23(19)27-4)30-13-20-21(25)6-5-7-22(20)26/h5-12,27-28H,13H2,1-4H3/b17-10+. The van der Waals surface area contributed by atoms with Gasteiger partial charge in [-0.05, 0) is 73.9 Å². The molecule has 2 N–H and O–H groups in total. The van der Waals surface area contributed by atoms with E-state index in [1.54, 1.807) is 11.8 Å². The Hall–Kier alpha value is -2.14. The molecule has 1 heterocycles. The fraction of sp³-hybridized carbons (Fsp3) is 0.208. The molecule has 0 unspecified atom stereocenters. The molecule has 0 aliphatic carbocycles. The molecule has 0 spiro atoms. The number of aryl methyl sites for hydroxylation is 1. The topological polar surface area (TPSA) is 44.9 Å². The summed E-state index contributed by atoms with van der Waals surface area (Å²) in [6.45, 7) is 6.18. The molecular formula is C24H24Cl2N2OS. The third-order valence-corrected chi connectivity index (χ3v) is 7.02. The number of aldehydes is 1. The zero-order valence-corrected chi connectivity index (χ0v) is 19.7. The molecule has 0 saturated heterocycles. The van der Waals surface area contributed by atoms with Crippen molar-refractivity contribution in [2.45, 2.75) is 31.4 Å². The number of anilines is 1. The first-order valence-corrected chi connectivity index (χ1v) is 11.3. The van der Waals surface area contributed by atoms with Crippen LogP contribution in [0, 0.1) is 20.8 Å². The molecular weight excluding hydrogens is 435 g/mol. The SMILES string of the molecule is CNc1ccc(SCc2c(Cl)cccc2Cl)cc1/C(C=O)=C/c1[nH]c(C)c(C)c1C. The van der Waals surface area contributed by atoms with Crippen molar-refractivity contribution in [3.63, 3.8) is 0 Å². The maximum atomic E-state index is 12.0. The second-order valence-electron chi connectivity index (χ2n) is 7.08. The van der Waals surface area contributed by atoms with E-state index in [9.17, 15) is 4.79 Å². The summed E-state index contributed by atoms with van der Waals surface area (Å²) in [7, 11) is 1.85. The summed E-state index contributed by atoms with van der Waals surface area (Å²) >= 11 is 14.2. The summed E-state index contributed by atoms with van der Waals surface area (Å²) in [6, 6.07) is 11.6. The van der Waals surface area contributed by atoms with Gasteiger partial charge in [0.05, 0.1) is 0 Å². The Morgan fingerprint density at radius 2 is 1.80 bits per heavy atom. The maximum Gasteiger partial charge on any atom is 0.150 e. The number of aromatic nitrogens is 1. The lowest BCUT2D eigenvalue weighted by Crippen LogP contribution is -1.97. The van der Waals surface area contributed by atoms with Crippen LogP contribution in [0.25, 0.3) is 11.6 Å². The lowest BCUT2D eigenvalue weighted by molar-refractivity contribution is -0.103. The predicted octanol–water partition coefficient (Wildman–Crippen LogP) is 7.32. The molecule has 1 aromatic heterocycles. The Labute approximate surface area is 191 Å². The van der Waals surface area contributed by atoms with Crippen molar-refractivity contribution in [2.24, 2.45) is 0 Å². The second kappa shape index (κ2) is 9.78. The Morgan fingerprint density at radius 3 is 2.37 bits per heavy atom. The number of halogens is 2. The van der Waals surface area contributed by atoms with Crippen LogP contribution in [0.15, 0.2) is 41.3 Å². The number of thioether (sulfide) groups is 1. The lowest BCUT2D eigenvalue weighted by atomic mass is 10.0. The van der Waals surface area contributed by atoms with E-state index in [1.807, 2.05) is 56.4 Å². The third kappa shape index (κ3) is 4.77. The van der Waals surface area contributed by atoms with Crippen LogP contribution in [0.2, 0.25) is 10.0 Å². The van der Waals surface area contributed by atoms with Gasteiger partial charge in [0, 0.05) is 56.0 Å². The number of nitrogens with one attached hydrogen (secondary N) is 2. The van der Waals surface area contributed by atoms with Crippen LogP contribution in [0.1, 0.15) is 33.6 Å². The van der Waals surface area contributed by atoms with Crippen molar-refractivity contribution in [2.75, 3.05) is 12.4 Å². The van der Waals surface area contributed by atoms with E-state index in [-0.39, 0.29) is 0 Å². The quantitative estimate of drug-likeness (QED) is 0.221. The molecule has 0 saturated carbocycles. The summed E-state index contributed by atoms with van der Waals surface area (Å²) in [5.74, 6) is 0.644. The van der Waals surface area contributed by atoms with E-state index in [1.165, 1.54) is 5.56 Å². The molecule has 3 nitrogen and oxygen atoms in total. The Bertz CT molecular complexity index is 1100. The van der Waals surface area contributed by atoms with E-state index in [2.05, 4.69) is 24.1 Å². The number of hydrogen-bond donors (Lipinski definition) is 2. The van der Waals surface area contributed by atoms with E-state index in [0.717, 1.165) is 44.9 Å². The zero-order chi connectivity index (χ0) is 21.8. The minimum Gasteiger partial charge on any atom is -0.388 e. The van der Waals surface area contributed by atoms with Crippen molar-refractivity contribution in [3.8, 4) is 0 Å². The van der Waals surface area contributed by atoms with Gasteiger partial charge in [-0.1, -0.05) is 29.3 Å². The van der Waals surface area contributed by atoms with Gasteiger partial charge in [-0.15, -0.1) is 11.8 Å². The molecule has 0 atom stereocenters. The van der Waals surface area contributed by atoms with Gasteiger partial charge in [-0.25, -0.2) is 0 Å².